The van der Waals surface area contributed by atoms with E-state index in [1.807, 2.05) is 6.92 Å². The molecule has 4 heteroatoms. The van der Waals surface area contributed by atoms with Crippen LogP contribution in [0.15, 0.2) is 10.9 Å². The van der Waals surface area contributed by atoms with Gasteiger partial charge in [0, 0.05) is 18.3 Å². The summed E-state index contributed by atoms with van der Waals surface area (Å²) in [4.78, 5) is 11.5. The van der Waals surface area contributed by atoms with Crippen molar-refractivity contribution < 1.29 is 0 Å². The largest absolute Gasteiger partial charge is 0.316 e. The van der Waals surface area contributed by atoms with Crippen molar-refractivity contribution in [2.24, 2.45) is 5.92 Å². The third-order valence-corrected chi connectivity index (χ3v) is 2.83. The average Bonchev–Trinajstić information content (AvgIpc) is 2.78. The topological polar surface area (TPSA) is 49.8 Å². The van der Waals surface area contributed by atoms with E-state index in [2.05, 4.69) is 10.4 Å². The number of nitrogens with one attached hydrogen (secondary N) is 2. The van der Waals surface area contributed by atoms with E-state index in [1.54, 1.807) is 10.7 Å². The monoisotopic (exact) mass is 195 g/mol. The van der Waals surface area contributed by atoms with E-state index in [1.165, 1.54) is 6.42 Å². The van der Waals surface area contributed by atoms with Gasteiger partial charge < -0.3 is 5.32 Å². The minimum absolute atomic E-state index is 0.105. The maximum atomic E-state index is 11.5. The van der Waals surface area contributed by atoms with Gasteiger partial charge in [-0.3, -0.25) is 14.6 Å². The van der Waals surface area contributed by atoms with Gasteiger partial charge in [-0.2, -0.15) is 0 Å². The summed E-state index contributed by atoms with van der Waals surface area (Å²) in [5.74, 6) is 0.607. The van der Waals surface area contributed by atoms with Crippen molar-refractivity contribution in [2.75, 3.05) is 13.1 Å². The van der Waals surface area contributed by atoms with Gasteiger partial charge in [-0.15, -0.1) is 0 Å². The minimum Gasteiger partial charge on any atom is -0.316 e. The molecule has 0 aliphatic carbocycles. The van der Waals surface area contributed by atoms with E-state index >= 15 is 0 Å². The highest BCUT2D eigenvalue weighted by Gasteiger charge is 2.15. The van der Waals surface area contributed by atoms with E-state index in [-0.39, 0.29) is 5.56 Å². The highest BCUT2D eigenvalue weighted by Crippen LogP contribution is 2.08. The normalized spacial score (nSPS) is 21.6. The maximum absolute atomic E-state index is 11.5. The van der Waals surface area contributed by atoms with Crippen LogP contribution >= 0.6 is 0 Å². The second-order valence-electron chi connectivity index (χ2n) is 3.94. The summed E-state index contributed by atoms with van der Waals surface area (Å²) in [5, 5.41) is 6.44. The van der Waals surface area contributed by atoms with Crippen LogP contribution in [0.25, 0.3) is 0 Å². The van der Waals surface area contributed by atoms with Crippen molar-refractivity contribution >= 4 is 0 Å². The molecule has 1 aromatic heterocycles. The summed E-state index contributed by atoms with van der Waals surface area (Å²) in [5.41, 5.74) is 1.13. The Balaban J connectivity index is 2.07. The van der Waals surface area contributed by atoms with Gasteiger partial charge in [0.25, 0.3) is 5.56 Å². The molecule has 1 atom stereocenters. The number of hydrogen-bond acceptors (Lipinski definition) is 2. The molecule has 78 valence electrons. The number of nitrogens with zero attached hydrogens (tertiary/aromatic N) is 1. The summed E-state index contributed by atoms with van der Waals surface area (Å²) in [6.45, 7) is 4.99. The first-order valence-electron chi connectivity index (χ1n) is 5.29. The Labute approximate surface area is 83.3 Å². The van der Waals surface area contributed by atoms with Crippen molar-refractivity contribution in [3.8, 4) is 0 Å². The molecule has 1 aliphatic heterocycles. The first-order chi connectivity index (χ1) is 6.79. The second kappa shape index (κ2) is 4.00. The second-order valence-corrected chi connectivity index (χ2v) is 3.94. The van der Waals surface area contributed by atoms with Crippen LogP contribution < -0.4 is 10.9 Å². The number of hydrogen-bond donors (Lipinski definition) is 2. The lowest BCUT2D eigenvalue weighted by atomic mass is 10.1. The Morgan fingerprint density at radius 3 is 3.07 bits per heavy atom. The lowest BCUT2D eigenvalue weighted by Crippen LogP contribution is -2.22. The smallest absolute Gasteiger partial charge is 0.266 e. The Hall–Kier alpha value is -1.03. The Morgan fingerprint density at radius 2 is 2.50 bits per heavy atom. The summed E-state index contributed by atoms with van der Waals surface area (Å²) < 4.78 is 1.73. The lowest BCUT2D eigenvalue weighted by Gasteiger charge is -2.07. The van der Waals surface area contributed by atoms with Crippen LogP contribution in [0, 0.1) is 5.92 Å². The number of aryl methyl sites for hydroxylation is 1. The molecule has 2 rings (SSSR count). The van der Waals surface area contributed by atoms with Gasteiger partial charge in [0.2, 0.25) is 0 Å². The summed E-state index contributed by atoms with van der Waals surface area (Å²) in [6.07, 6.45) is 2.07. The third-order valence-electron chi connectivity index (χ3n) is 2.83. The number of aromatic amines is 1. The Kier molecular flexibility index (Phi) is 2.72. The zero-order valence-corrected chi connectivity index (χ0v) is 8.55. The minimum atomic E-state index is 0.105. The Bertz CT molecular complexity index is 346. The van der Waals surface area contributed by atoms with Crippen LogP contribution in [0.4, 0.5) is 0 Å². The molecule has 1 aromatic rings. The van der Waals surface area contributed by atoms with Crippen molar-refractivity contribution in [3.05, 3.63) is 22.1 Å². The predicted molar refractivity (Wildman–Crippen MR) is 55.4 cm³/mol. The maximum Gasteiger partial charge on any atom is 0.266 e. The molecule has 0 spiro atoms. The van der Waals surface area contributed by atoms with E-state index in [9.17, 15) is 4.79 Å². The molecule has 0 amide bonds. The van der Waals surface area contributed by atoms with Gasteiger partial charge in [0.15, 0.2) is 0 Å². The highest BCUT2D eigenvalue weighted by atomic mass is 16.1. The quantitative estimate of drug-likeness (QED) is 0.731. The SMILES string of the molecule is CCc1cc(=O)n(CC2CCNC2)[nH]1. The standard InChI is InChI=1S/C10H17N3O/c1-2-9-5-10(14)13(12-9)7-8-3-4-11-6-8/h5,8,11-12H,2-4,6-7H2,1H3. The summed E-state index contributed by atoms with van der Waals surface area (Å²) >= 11 is 0. The first kappa shape index (κ1) is 9.52. The molecule has 1 saturated heterocycles. The zero-order valence-electron chi connectivity index (χ0n) is 8.55. The Morgan fingerprint density at radius 1 is 1.64 bits per heavy atom. The molecule has 0 saturated carbocycles. The molecule has 2 heterocycles. The molecule has 0 bridgehead atoms. The third kappa shape index (κ3) is 1.90. The van der Waals surface area contributed by atoms with E-state index in [0.717, 1.165) is 31.7 Å². The molecular weight excluding hydrogens is 178 g/mol. The van der Waals surface area contributed by atoms with Gasteiger partial charge >= 0.3 is 0 Å². The molecule has 0 aromatic carbocycles. The molecular formula is C10H17N3O. The average molecular weight is 195 g/mol. The highest BCUT2D eigenvalue weighted by molar-refractivity contribution is 4.98. The van der Waals surface area contributed by atoms with Crippen molar-refractivity contribution in [2.45, 2.75) is 26.3 Å². The van der Waals surface area contributed by atoms with Gasteiger partial charge in [-0.1, -0.05) is 6.92 Å². The lowest BCUT2D eigenvalue weighted by molar-refractivity contribution is 0.439. The van der Waals surface area contributed by atoms with Crippen LogP contribution in [0.3, 0.4) is 0 Å². The van der Waals surface area contributed by atoms with Crippen LogP contribution in [0.1, 0.15) is 19.0 Å². The molecule has 1 fully saturated rings. The zero-order chi connectivity index (χ0) is 9.97. The number of H-pyrrole nitrogens is 1. The number of rotatable bonds is 3. The van der Waals surface area contributed by atoms with Crippen molar-refractivity contribution in [1.29, 1.82) is 0 Å². The molecule has 0 radical (unpaired) electrons. The summed E-state index contributed by atoms with van der Waals surface area (Å²) in [6, 6.07) is 1.70. The predicted octanol–water partition coefficient (Wildman–Crippen LogP) is 0.348. The van der Waals surface area contributed by atoms with Gasteiger partial charge in [-0.05, 0) is 31.8 Å². The van der Waals surface area contributed by atoms with Crippen molar-refractivity contribution in [3.63, 3.8) is 0 Å². The fourth-order valence-electron chi connectivity index (χ4n) is 1.93. The fraction of sp³-hybridized carbons (Fsp3) is 0.700. The van der Waals surface area contributed by atoms with E-state index < -0.39 is 0 Å². The first-order valence-corrected chi connectivity index (χ1v) is 5.29. The van der Waals surface area contributed by atoms with Crippen LogP contribution in [-0.4, -0.2) is 22.9 Å². The number of aromatic nitrogens is 2. The van der Waals surface area contributed by atoms with Gasteiger partial charge in [0.1, 0.15) is 0 Å². The van der Waals surface area contributed by atoms with E-state index in [0.29, 0.717) is 5.92 Å². The fourth-order valence-corrected chi connectivity index (χ4v) is 1.93. The van der Waals surface area contributed by atoms with Crippen molar-refractivity contribution in [1.82, 2.24) is 15.1 Å². The molecule has 1 unspecified atom stereocenters. The van der Waals surface area contributed by atoms with Crippen LogP contribution in [-0.2, 0) is 13.0 Å². The molecule has 14 heavy (non-hydrogen) atoms. The summed E-state index contributed by atoms with van der Waals surface area (Å²) in [7, 11) is 0. The molecule has 4 nitrogen and oxygen atoms in total. The van der Waals surface area contributed by atoms with Crippen LogP contribution in [0.5, 0.6) is 0 Å². The van der Waals surface area contributed by atoms with Gasteiger partial charge in [-0.25, -0.2) is 0 Å². The molecule has 2 N–H and O–H groups in total. The van der Waals surface area contributed by atoms with Crippen LogP contribution in [0.2, 0.25) is 0 Å². The molecule has 1 aliphatic rings. The van der Waals surface area contributed by atoms with Gasteiger partial charge in [0.05, 0.1) is 0 Å². The van der Waals surface area contributed by atoms with E-state index in [4.69, 9.17) is 0 Å².